The lowest BCUT2D eigenvalue weighted by molar-refractivity contribution is -0.143. The van der Waals surface area contributed by atoms with Crippen molar-refractivity contribution in [2.24, 2.45) is 5.92 Å². The largest absolute Gasteiger partial charge is 0.416 e. The zero-order chi connectivity index (χ0) is 23.0. The molecule has 1 N–H and O–H groups in total. The normalized spacial score (nSPS) is 17.2. The number of anilines is 1. The van der Waals surface area contributed by atoms with Crippen LogP contribution in [0, 0.1) is 12.8 Å². The Morgan fingerprint density at radius 1 is 1.00 bits per heavy atom. The van der Waals surface area contributed by atoms with Gasteiger partial charge in [-0.15, -0.1) is 0 Å². The number of amides is 2. The second kappa shape index (κ2) is 8.24. The van der Waals surface area contributed by atoms with E-state index in [1.54, 1.807) is 12.1 Å². The summed E-state index contributed by atoms with van der Waals surface area (Å²) in [5, 5.41) is 2.29. The van der Waals surface area contributed by atoms with Crippen molar-refractivity contribution in [3.05, 3.63) is 64.7 Å². The maximum Gasteiger partial charge on any atom is 0.416 e. The van der Waals surface area contributed by atoms with Crippen molar-refractivity contribution in [3.8, 4) is 0 Å². The molecule has 2 aromatic carbocycles. The molecule has 31 heavy (non-hydrogen) atoms. The van der Waals surface area contributed by atoms with Gasteiger partial charge < -0.3 is 10.2 Å². The van der Waals surface area contributed by atoms with Crippen molar-refractivity contribution in [2.75, 3.05) is 18.0 Å². The number of aryl methyl sites for hydroxylation is 1. The van der Waals surface area contributed by atoms with E-state index >= 15 is 0 Å². The quantitative estimate of drug-likeness (QED) is 0.688. The molecule has 0 aromatic heterocycles. The van der Waals surface area contributed by atoms with Crippen molar-refractivity contribution in [1.29, 1.82) is 0 Å². The lowest BCUT2D eigenvalue weighted by Crippen LogP contribution is -2.35. The summed E-state index contributed by atoms with van der Waals surface area (Å²) in [5.41, 5.74) is -2.23. The summed E-state index contributed by atoms with van der Waals surface area (Å²) in [4.78, 5) is 26.4. The molecule has 1 aliphatic rings. The molecule has 166 valence electrons. The first-order valence-electron chi connectivity index (χ1n) is 9.32. The average Bonchev–Trinajstić information content (AvgIpc) is 3.05. The van der Waals surface area contributed by atoms with Gasteiger partial charge in [-0.3, -0.25) is 9.59 Å². The van der Waals surface area contributed by atoms with Crippen LogP contribution in [0.15, 0.2) is 42.5 Å². The monoisotopic (exact) mass is 444 g/mol. The van der Waals surface area contributed by atoms with E-state index in [0.717, 1.165) is 5.56 Å². The Labute approximate surface area is 173 Å². The number of nitrogens with zero attached hydrogens (tertiary/aromatic N) is 1. The van der Waals surface area contributed by atoms with E-state index in [1.165, 1.54) is 4.90 Å². The summed E-state index contributed by atoms with van der Waals surface area (Å²) in [5.74, 6) is -2.01. The highest BCUT2D eigenvalue weighted by Gasteiger charge is 2.38. The number of hydrogen-bond acceptors (Lipinski definition) is 2. The zero-order valence-electron chi connectivity index (χ0n) is 16.3. The van der Waals surface area contributed by atoms with Crippen molar-refractivity contribution < 1.29 is 35.9 Å². The molecule has 2 aromatic rings. The van der Waals surface area contributed by atoms with Gasteiger partial charge in [-0.2, -0.15) is 26.3 Å². The third-order valence-corrected chi connectivity index (χ3v) is 5.02. The van der Waals surface area contributed by atoms with Crippen LogP contribution in [0.4, 0.5) is 32.0 Å². The van der Waals surface area contributed by atoms with Crippen molar-refractivity contribution in [1.82, 2.24) is 5.32 Å². The van der Waals surface area contributed by atoms with Gasteiger partial charge in [0.2, 0.25) is 5.91 Å². The highest BCUT2D eigenvalue weighted by atomic mass is 19.4. The molecule has 1 unspecified atom stereocenters. The highest BCUT2D eigenvalue weighted by Crippen LogP contribution is 2.36. The van der Waals surface area contributed by atoms with E-state index in [9.17, 15) is 35.9 Å². The third kappa shape index (κ3) is 5.18. The minimum atomic E-state index is -5.05. The van der Waals surface area contributed by atoms with Gasteiger partial charge >= 0.3 is 12.4 Å². The van der Waals surface area contributed by atoms with Crippen molar-refractivity contribution in [3.63, 3.8) is 0 Å². The Morgan fingerprint density at radius 2 is 1.55 bits per heavy atom. The first-order chi connectivity index (χ1) is 14.4. The SMILES string of the molecule is Cc1ccc(N2CCC(CNC(=O)c3cc(C(F)(F)F)cc(C(F)(F)F)c3)C2=O)cc1. The predicted molar refractivity (Wildman–Crippen MR) is 100 cm³/mol. The molecule has 2 amide bonds. The molecule has 1 saturated heterocycles. The van der Waals surface area contributed by atoms with Gasteiger partial charge in [0.25, 0.3) is 5.91 Å². The van der Waals surface area contributed by atoms with Gasteiger partial charge in [0.1, 0.15) is 0 Å². The van der Waals surface area contributed by atoms with Gasteiger partial charge in [0.15, 0.2) is 0 Å². The van der Waals surface area contributed by atoms with E-state index in [1.807, 2.05) is 19.1 Å². The number of rotatable bonds is 4. The van der Waals surface area contributed by atoms with Crippen molar-refractivity contribution in [2.45, 2.75) is 25.7 Å². The highest BCUT2D eigenvalue weighted by molar-refractivity contribution is 5.98. The standard InChI is InChI=1S/C21H18F6N2O2/c1-12-2-4-17(5-3-12)29-7-6-13(19(29)31)11-28-18(30)14-8-15(20(22,23)24)10-16(9-14)21(25,26)27/h2-5,8-10,13H,6-7,11H2,1H3,(H,28,30). The minimum absolute atomic E-state index is 0.0449. The molecule has 0 aliphatic carbocycles. The predicted octanol–water partition coefficient (Wildman–Crippen LogP) is 4.82. The number of carbonyl (C=O) groups excluding carboxylic acids is 2. The molecule has 1 heterocycles. The van der Waals surface area contributed by atoms with Gasteiger partial charge in [0.05, 0.1) is 17.0 Å². The van der Waals surface area contributed by atoms with Crippen LogP contribution in [0.3, 0.4) is 0 Å². The van der Waals surface area contributed by atoms with Crippen LogP contribution in [-0.4, -0.2) is 24.9 Å². The first kappa shape index (κ1) is 22.6. The Kier molecular flexibility index (Phi) is 6.02. The maximum atomic E-state index is 13.0. The minimum Gasteiger partial charge on any atom is -0.351 e. The van der Waals surface area contributed by atoms with Gasteiger partial charge in [-0.05, 0) is 43.7 Å². The molecule has 10 heteroatoms. The Balaban J connectivity index is 1.72. The molecule has 1 fully saturated rings. The number of hydrogen-bond donors (Lipinski definition) is 1. The molecule has 0 spiro atoms. The first-order valence-corrected chi connectivity index (χ1v) is 9.32. The summed E-state index contributed by atoms with van der Waals surface area (Å²) in [7, 11) is 0. The van der Waals surface area contributed by atoms with E-state index in [2.05, 4.69) is 5.32 Å². The summed E-state index contributed by atoms with van der Waals surface area (Å²) in [6, 6.07) is 7.90. The van der Waals surface area contributed by atoms with Crippen LogP contribution in [0.2, 0.25) is 0 Å². The molecule has 0 saturated carbocycles. The second-order valence-corrected chi connectivity index (χ2v) is 7.32. The smallest absolute Gasteiger partial charge is 0.351 e. The lowest BCUT2D eigenvalue weighted by atomic mass is 10.0. The molecular formula is C21H18F6N2O2. The van der Waals surface area contributed by atoms with Gasteiger partial charge in [0, 0.05) is 24.3 Å². The Morgan fingerprint density at radius 3 is 2.06 bits per heavy atom. The molecule has 0 bridgehead atoms. The van der Waals surface area contributed by atoms with Crippen LogP contribution < -0.4 is 10.2 Å². The fraction of sp³-hybridized carbons (Fsp3) is 0.333. The summed E-state index contributed by atoms with van der Waals surface area (Å²) in [6.07, 6.45) is -9.71. The molecular weight excluding hydrogens is 426 g/mol. The van der Waals surface area contributed by atoms with Crippen LogP contribution in [0.1, 0.15) is 33.5 Å². The second-order valence-electron chi connectivity index (χ2n) is 7.32. The lowest BCUT2D eigenvalue weighted by Gasteiger charge is -2.17. The number of benzene rings is 2. The summed E-state index contributed by atoms with van der Waals surface area (Å²) in [6.45, 7) is 2.09. The Bertz CT molecular complexity index is 951. The average molecular weight is 444 g/mol. The molecule has 3 rings (SSSR count). The molecule has 1 atom stereocenters. The van der Waals surface area contributed by atoms with E-state index in [4.69, 9.17) is 0 Å². The van der Waals surface area contributed by atoms with Crippen LogP contribution in [0.5, 0.6) is 0 Å². The van der Waals surface area contributed by atoms with Crippen LogP contribution in [-0.2, 0) is 17.1 Å². The fourth-order valence-corrected chi connectivity index (χ4v) is 3.31. The zero-order valence-corrected chi connectivity index (χ0v) is 16.3. The van der Waals surface area contributed by atoms with Crippen molar-refractivity contribution >= 4 is 17.5 Å². The molecule has 1 aliphatic heterocycles. The van der Waals surface area contributed by atoms with E-state index < -0.39 is 40.9 Å². The maximum absolute atomic E-state index is 13.0. The fourth-order valence-electron chi connectivity index (χ4n) is 3.31. The van der Waals surface area contributed by atoms with E-state index in [-0.39, 0.29) is 18.5 Å². The number of nitrogens with one attached hydrogen (secondary N) is 1. The molecule has 0 radical (unpaired) electrons. The van der Waals surface area contributed by atoms with Gasteiger partial charge in [-0.1, -0.05) is 17.7 Å². The topological polar surface area (TPSA) is 49.4 Å². The summed E-state index contributed by atoms with van der Waals surface area (Å²) < 4.78 is 77.8. The van der Waals surface area contributed by atoms with Crippen LogP contribution in [0.25, 0.3) is 0 Å². The number of carbonyl (C=O) groups is 2. The van der Waals surface area contributed by atoms with Gasteiger partial charge in [-0.25, -0.2) is 0 Å². The Hall–Kier alpha value is -3.04. The number of halogens is 6. The van der Waals surface area contributed by atoms with Crippen LogP contribution >= 0.6 is 0 Å². The third-order valence-electron chi connectivity index (χ3n) is 5.02. The summed E-state index contributed by atoms with van der Waals surface area (Å²) >= 11 is 0. The molecule has 4 nitrogen and oxygen atoms in total. The van der Waals surface area contributed by atoms with E-state index in [0.29, 0.717) is 30.8 Å². The number of alkyl halides is 6.